The third kappa shape index (κ3) is 3.20. The first-order valence-electron chi connectivity index (χ1n) is 7.77. The monoisotopic (exact) mass is 299 g/mol. The molecule has 116 valence electrons. The molecule has 5 nitrogen and oxygen atoms in total. The fourth-order valence-corrected chi connectivity index (χ4v) is 3.10. The third-order valence-electron chi connectivity index (χ3n) is 4.28. The van der Waals surface area contributed by atoms with E-state index in [0.29, 0.717) is 0 Å². The van der Waals surface area contributed by atoms with Crippen LogP contribution in [0.5, 0.6) is 0 Å². The smallest absolute Gasteiger partial charge is 0.226 e. The van der Waals surface area contributed by atoms with Gasteiger partial charge in [0, 0.05) is 18.3 Å². The molecule has 0 radical (unpaired) electrons. The van der Waals surface area contributed by atoms with Crippen molar-refractivity contribution in [3.63, 3.8) is 0 Å². The molecule has 1 aromatic heterocycles. The van der Waals surface area contributed by atoms with E-state index in [1.807, 2.05) is 41.4 Å². The summed E-state index contributed by atoms with van der Waals surface area (Å²) in [6.45, 7) is 0.746. The number of nitrogens with zero attached hydrogens (tertiary/aromatic N) is 2. The number of rotatable bonds is 4. The lowest BCUT2D eigenvalue weighted by atomic mass is 9.96. The molecule has 0 saturated carbocycles. The fraction of sp³-hybridized carbons (Fsp3) is 0.412. The Labute approximate surface area is 130 Å². The number of amides is 1. The van der Waals surface area contributed by atoms with Crippen LogP contribution in [0.4, 0.5) is 0 Å². The van der Waals surface area contributed by atoms with Gasteiger partial charge < -0.3 is 10.0 Å². The van der Waals surface area contributed by atoms with Crippen molar-refractivity contribution in [3.05, 3.63) is 53.9 Å². The van der Waals surface area contributed by atoms with Gasteiger partial charge in [-0.25, -0.2) is 0 Å². The molecule has 1 aromatic carbocycles. The van der Waals surface area contributed by atoms with Crippen LogP contribution in [0, 0.1) is 0 Å². The molecule has 22 heavy (non-hydrogen) atoms. The Bertz CT molecular complexity index is 598. The Morgan fingerprint density at radius 1 is 1.36 bits per heavy atom. The molecule has 2 atom stereocenters. The van der Waals surface area contributed by atoms with Gasteiger partial charge in [0.15, 0.2) is 0 Å². The number of carbonyl (C=O) groups excluding carboxylic acids is 1. The van der Waals surface area contributed by atoms with Crippen molar-refractivity contribution in [2.45, 2.75) is 37.8 Å². The van der Waals surface area contributed by atoms with E-state index in [2.05, 4.69) is 10.2 Å². The van der Waals surface area contributed by atoms with Gasteiger partial charge in [0.2, 0.25) is 5.91 Å². The lowest BCUT2D eigenvalue weighted by molar-refractivity contribution is -0.137. The zero-order valence-corrected chi connectivity index (χ0v) is 12.5. The van der Waals surface area contributed by atoms with Gasteiger partial charge in [0.1, 0.15) is 0 Å². The largest absolute Gasteiger partial charge is 0.388 e. The zero-order chi connectivity index (χ0) is 15.4. The highest BCUT2D eigenvalue weighted by Gasteiger charge is 2.29. The topological polar surface area (TPSA) is 69.2 Å². The molecule has 1 saturated heterocycles. The van der Waals surface area contributed by atoms with Crippen molar-refractivity contribution in [2.75, 3.05) is 6.54 Å². The van der Waals surface area contributed by atoms with Crippen LogP contribution in [0.25, 0.3) is 0 Å². The molecule has 0 aliphatic carbocycles. The van der Waals surface area contributed by atoms with E-state index >= 15 is 0 Å². The lowest BCUT2D eigenvalue weighted by Gasteiger charge is -2.35. The van der Waals surface area contributed by atoms with Gasteiger partial charge in [-0.05, 0) is 24.8 Å². The van der Waals surface area contributed by atoms with E-state index < -0.39 is 6.10 Å². The first-order chi connectivity index (χ1) is 10.8. The van der Waals surface area contributed by atoms with Crippen LogP contribution in [-0.4, -0.2) is 32.7 Å². The average Bonchev–Trinajstić information content (AvgIpc) is 3.10. The zero-order valence-electron chi connectivity index (χ0n) is 12.5. The summed E-state index contributed by atoms with van der Waals surface area (Å²) < 4.78 is 0. The predicted molar refractivity (Wildman–Crippen MR) is 82.9 cm³/mol. The number of aromatic amines is 1. The Hall–Kier alpha value is -2.14. The number of hydrogen-bond acceptors (Lipinski definition) is 3. The molecule has 1 aliphatic heterocycles. The normalized spacial score (nSPS) is 19.9. The number of likely N-dealkylation sites (tertiary alicyclic amines) is 1. The molecule has 2 unspecified atom stereocenters. The number of aromatic nitrogens is 2. The number of benzene rings is 1. The first kappa shape index (κ1) is 14.8. The summed E-state index contributed by atoms with van der Waals surface area (Å²) in [5.74, 6) is 0.00209. The molecule has 0 bridgehead atoms. The van der Waals surface area contributed by atoms with Gasteiger partial charge in [0.25, 0.3) is 0 Å². The Morgan fingerprint density at radius 3 is 2.91 bits per heavy atom. The van der Waals surface area contributed by atoms with Crippen molar-refractivity contribution in [1.82, 2.24) is 15.1 Å². The summed E-state index contributed by atoms with van der Waals surface area (Å²) in [6, 6.07) is 9.42. The summed E-state index contributed by atoms with van der Waals surface area (Å²) in [7, 11) is 0. The van der Waals surface area contributed by atoms with Crippen molar-refractivity contribution >= 4 is 5.91 Å². The van der Waals surface area contributed by atoms with Crippen molar-refractivity contribution in [3.8, 4) is 0 Å². The van der Waals surface area contributed by atoms with E-state index in [-0.39, 0.29) is 18.4 Å². The van der Waals surface area contributed by atoms with Crippen LogP contribution in [0.2, 0.25) is 0 Å². The molecule has 2 aromatic rings. The Kier molecular flexibility index (Phi) is 4.53. The van der Waals surface area contributed by atoms with Crippen molar-refractivity contribution in [1.29, 1.82) is 0 Å². The van der Waals surface area contributed by atoms with Crippen LogP contribution in [0.1, 0.15) is 49.0 Å². The number of H-pyrrole nitrogens is 1. The van der Waals surface area contributed by atoms with Gasteiger partial charge in [-0.2, -0.15) is 5.10 Å². The van der Waals surface area contributed by atoms with Gasteiger partial charge in [0.05, 0.1) is 24.8 Å². The minimum absolute atomic E-state index is 0.00209. The van der Waals surface area contributed by atoms with E-state index in [4.69, 9.17) is 0 Å². The maximum atomic E-state index is 12.6. The summed E-state index contributed by atoms with van der Waals surface area (Å²) in [5.41, 5.74) is 1.83. The van der Waals surface area contributed by atoms with Gasteiger partial charge >= 0.3 is 0 Å². The highest BCUT2D eigenvalue weighted by molar-refractivity contribution is 5.77. The quantitative estimate of drug-likeness (QED) is 0.911. The number of nitrogens with one attached hydrogen (secondary N) is 1. The number of carbonyl (C=O) groups is 1. The molecular weight excluding hydrogens is 278 g/mol. The van der Waals surface area contributed by atoms with Crippen molar-refractivity contribution < 1.29 is 9.90 Å². The third-order valence-corrected chi connectivity index (χ3v) is 4.28. The summed E-state index contributed by atoms with van der Waals surface area (Å²) in [6.07, 6.45) is 6.09. The van der Waals surface area contributed by atoms with Crippen LogP contribution >= 0.6 is 0 Å². The summed E-state index contributed by atoms with van der Waals surface area (Å²) >= 11 is 0. The van der Waals surface area contributed by atoms with Crippen LogP contribution in [0.15, 0.2) is 42.7 Å². The maximum Gasteiger partial charge on any atom is 0.226 e. The molecule has 0 spiro atoms. The lowest BCUT2D eigenvalue weighted by Crippen LogP contribution is -2.39. The van der Waals surface area contributed by atoms with E-state index in [1.54, 1.807) is 6.20 Å². The number of piperidine rings is 1. The molecule has 1 fully saturated rings. The molecule has 3 rings (SSSR count). The molecule has 5 heteroatoms. The predicted octanol–water partition coefficient (Wildman–Crippen LogP) is 2.59. The van der Waals surface area contributed by atoms with Crippen molar-refractivity contribution in [2.24, 2.45) is 0 Å². The van der Waals surface area contributed by atoms with Crippen LogP contribution < -0.4 is 0 Å². The van der Waals surface area contributed by atoms with Crippen LogP contribution in [-0.2, 0) is 4.79 Å². The SMILES string of the molecule is O=C(CC(O)c1ccccc1)N1CCCCC1c1cn[nH]c1. The fourth-order valence-electron chi connectivity index (χ4n) is 3.10. The number of aliphatic hydroxyl groups is 1. The van der Waals surface area contributed by atoms with E-state index in [0.717, 1.165) is 36.9 Å². The highest BCUT2D eigenvalue weighted by atomic mass is 16.3. The standard InChI is InChI=1S/C17H21N3O2/c21-16(13-6-2-1-3-7-13)10-17(22)20-9-5-4-8-15(20)14-11-18-19-12-14/h1-3,6-7,11-12,15-16,21H,4-5,8-10H2,(H,18,19). The minimum Gasteiger partial charge on any atom is -0.388 e. The summed E-state index contributed by atoms with van der Waals surface area (Å²) in [5, 5.41) is 17.1. The first-order valence-corrected chi connectivity index (χ1v) is 7.77. The van der Waals surface area contributed by atoms with Crippen LogP contribution in [0.3, 0.4) is 0 Å². The average molecular weight is 299 g/mol. The molecule has 1 aliphatic rings. The molecule has 2 heterocycles. The van der Waals surface area contributed by atoms with E-state index in [9.17, 15) is 9.90 Å². The van der Waals surface area contributed by atoms with Gasteiger partial charge in [-0.15, -0.1) is 0 Å². The second kappa shape index (κ2) is 6.75. The Balaban J connectivity index is 1.70. The number of hydrogen-bond donors (Lipinski definition) is 2. The van der Waals surface area contributed by atoms with Gasteiger partial charge in [-0.3, -0.25) is 9.89 Å². The highest BCUT2D eigenvalue weighted by Crippen LogP contribution is 2.31. The van der Waals surface area contributed by atoms with E-state index in [1.165, 1.54) is 0 Å². The molecule has 1 amide bonds. The maximum absolute atomic E-state index is 12.6. The minimum atomic E-state index is -0.749. The number of aliphatic hydroxyl groups excluding tert-OH is 1. The summed E-state index contributed by atoms with van der Waals surface area (Å²) in [4.78, 5) is 14.5. The molecule has 2 N–H and O–H groups in total. The molecular formula is C17H21N3O2. The Morgan fingerprint density at radius 2 is 2.18 bits per heavy atom. The second-order valence-electron chi connectivity index (χ2n) is 5.76. The second-order valence-corrected chi connectivity index (χ2v) is 5.76. The van der Waals surface area contributed by atoms with Gasteiger partial charge in [-0.1, -0.05) is 30.3 Å².